The van der Waals surface area contributed by atoms with E-state index in [4.69, 9.17) is 26.3 Å². The number of hydrogen-bond donors (Lipinski definition) is 0. The highest BCUT2D eigenvalue weighted by atomic mass is 79.9. The van der Waals surface area contributed by atoms with E-state index >= 15 is 4.39 Å². The minimum atomic E-state index is -0.705. The largest absolute Gasteiger partial charge is 0.453 e. The molecule has 0 spiro atoms. The molecule has 4 aromatic rings. The van der Waals surface area contributed by atoms with Crippen LogP contribution in [-0.4, -0.2) is 32.7 Å². The Bertz CT molecular complexity index is 1420. The fraction of sp³-hybridized carbons (Fsp3) is 0.136. The van der Waals surface area contributed by atoms with Crippen molar-refractivity contribution in [3.8, 4) is 17.6 Å². The fourth-order valence-electron chi connectivity index (χ4n) is 3.16. The number of carbonyl (C=O) groups excluding carboxylic acids is 1. The normalized spacial score (nSPS) is 10.8. The zero-order valence-electron chi connectivity index (χ0n) is 17.1. The van der Waals surface area contributed by atoms with Gasteiger partial charge in [0.1, 0.15) is 5.75 Å². The standard InChI is InChI=1S/C22H14BrClFN5O3/c1-2-32-22(31)30-21-16(5-6-27-28-21)18(29-30)9-13-3-4-17(23)20(19(13)25)33-15-8-12(11-26)7-14(24)10-15/h3-8,10H,2,9H2,1H3. The Kier molecular flexibility index (Phi) is 6.53. The maximum atomic E-state index is 15.5. The van der Waals surface area contributed by atoms with Crippen LogP contribution < -0.4 is 4.74 Å². The lowest BCUT2D eigenvalue weighted by molar-refractivity contribution is 0.151. The van der Waals surface area contributed by atoms with E-state index < -0.39 is 11.9 Å². The average molecular weight is 531 g/mol. The molecule has 0 atom stereocenters. The van der Waals surface area contributed by atoms with Gasteiger partial charge in [-0.15, -0.1) is 9.78 Å². The van der Waals surface area contributed by atoms with Crippen molar-refractivity contribution >= 4 is 44.7 Å². The molecule has 2 heterocycles. The average Bonchev–Trinajstić information content (AvgIpc) is 3.17. The number of aromatic nitrogens is 4. The molecule has 0 aliphatic rings. The first-order chi connectivity index (χ1) is 15.9. The molecule has 166 valence electrons. The molecule has 2 aromatic heterocycles. The molecule has 4 rings (SSSR count). The number of carbonyl (C=O) groups is 1. The number of nitrogens with zero attached hydrogens (tertiary/aromatic N) is 5. The summed E-state index contributed by atoms with van der Waals surface area (Å²) < 4.78 is 27.6. The highest BCUT2D eigenvalue weighted by Gasteiger charge is 2.21. The quantitative estimate of drug-likeness (QED) is 0.329. The molecule has 0 saturated carbocycles. The van der Waals surface area contributed by atoms with Crippen LogP contribution in [0.2, 0.25) is 5.02 Å². The van der Waals surface area contributed by atoms with E-state index in [1.807, 2.05) is 6.07 Å². The topological polar surface area (TPSA) is 103 Å². The molecule has 0 fully saturated rings. The van der Waals surface area contributed by atoms with Crippen LogP contribution in [0.25, 0.3) is 11.0 Å². The van der Waals surface area contributed by atoms with Crippen molar-refractivity contribution in [1.82, 2.24) is 20.0 Å². The van der Waals surface area contributed by atoms with E-state index in [0.717, 1.165) is 4.68 Å². The van der Waals surface area contributed by atoms with E-state index in [0.29, 0.717) is 15.6 Å². The van der Waals surface area contributed by atoms with Gasteiger partial charge in [-0.25, -0.2) is 9.18 Å². The van der Waals surface area contributed by atoms with Crippen molar-refractivity contribution in [2.24, 2.45) is 0 Å². The smallest absolute Gasteiger partial charge is 0.436 e. The van der Waals surface area contributed by atoms with Gasteiger partial charge in [0.25, 0.3) is 0 Å². The van der Waals surface area contributed by atoms with Crippen LogP contribution in [0.3, 0.4) is 0 Å². The van der Waals surface area contributed by atoms with Crippen molar-refractivity contribution in [3.05, 3.63) is 74.7 Å². The van der Waals surface area contributed by atoms with Gasteiger partial charge in [0.2, 0.25) is 0 Å². The van der Waals surface area contributed by atoms with Crippen LogP contribution in [-0.2, 0) is 11.2 Å². The van der Waals surface area contributed by atoms with Gasteiger partial charge in [-0.1, -0.05) is 17.7 Å². The van der Waals surface area contributed by atoms with Gasteiger partial charge in [0.05, 0.1) is 34.6 Å². The van der Waals surface area contributed by atoms with Crippen LogP contribution in [0.15, 0.2) is 47.1 Å². The number of halogens is 3. The van der Waals surface area contributed by atoms with Crippen molar-refractivity contribution < 1.29 is 18.7 Å². The summed E-state index contributed by atoms with van der Waals surface area (Å²) in [4.78, 5) is 12.2. The highest BCUT2D eigenvalue weighted by Crippen LogP contribution is 2.36. The molecule has 11 heteroatoms. The van der Waals surface area contributed by atoms with Gasteiger partial charge in [-0.2, -0.15) is 15.5 Å². The first kappa shape index (κ1) is 22.6. The van der Waals surface area contributed by atoms with E-state index in [1.165, 1.54) is 24.4 Å². The van der Waals surface area contributed by atoms with Crippen LogP contribution in [0.5, 0.6) is 11.5 Å². The SMILES string of the molecule is CCOC(=O)n1nc(Cc2ccc(Br)c(Oc3cc(Cl)cc(C#N)c3)c2F)c2ccnnc21. The molecule has 0 radical (unpaired) electrons. The summed E-state index contributed by atoms with van der Waals surface area (Å²) in [5.74, 6) is -0.501. The fourth-order valence-corrected chi connectivity index (χ4v) is 3.77. The molecule has 33 heavy (non-hydrogen) atoms. The van der Waals surface area contributed by atoms with Crippen molar-refractivity contribution in [2.75, 3.05) is 6.61 Å². The summed E-state index contributed by atoms with van der Waals surface area (Å²) in [6.45, 7) is 1.84. The lowest BCUT2D eigenvalue weighted by Gasteiger charge is -2.12. The highest BCUT2D eigenvalue weighted by molar-refractivity contribution is 9.10. The molecule has 0 saturated heterocycles. The third-order valence-corrected chi connectivity index (χ3v) is 5.42. The van der Waals surface area contributed by atoms with Gasteiger partial charge in [0, 0.05) is 16.8 Å². The minimum absolute atomic E-state index is 0.0447. The summed E-state index contributed by atoms with van der Waals surface area (Å²) in [6.07, 6.45) is 0.800. The maximum Gasteiger partial charge on any atom is 0.436 e. The summed E-state index contributed by atoms with van der Waals surface area (Å²) in [5.41, 5.74) is 1.17. The number of rotatable bonds is 5. The first-order valence-electron chi connectivity index (χ1n) is 9.63. The molecule has 0 unspecified atom stereocenters. The van der Waals surface area contributed by atoms with Gasteiger partial charge in [-0.05, 0) is 58.7 Å². The van der Waals surface area contributed by atoms with Gasteiger partial charge >= 0.3 is 6.09 Å². The molecular weight excluding hydrogens is 517 g/mol. The number of ether oxygens (including phenoxy) is 2. The zero-order valence-corrected chi connectivity index (χ0v) is 19.4. The van der Waals surface area contributed by atoms with E-state index in [2.05, 4.69) is 31.2 Å². The molecule has 2 aromatic carbocycles. The summed E-state index contributed by atoms with van der Waals surface area (Å²) in [5, 5.41) is 22.0. The van der Waals surface area contributed by atoms with Gasteiger partial charge in [0.15, 0.2) is 17.2 Å². The Balaban J connectivity index is 1.72. The number of benzene rings is 2. The third kappa shape index (κ3) is 4.65. The monoisotopic (exact) mass is 529 g/mol. The summed E-state index contributed by atoms with van der Waals surface area (Å²) in [6, 6.07) is 11.2. The molecule has 8 nitrogen and oxygen atoms in total. The molecule has 0 aliphatic carbocycles. The number of fused-ring (bicyclic) bond motifs is 1. The van der Waals surface area contributed by atoms with Crippen LogP contribution in [0.4, 0.5) is 9.18 Å². The third-order valence-electron chi connectivity index (χ3n) is 4.58. The van der Waals surface area contributed by atoms with Crippen LogP contribution >= 0.6 is 27.5 Å². The molecule has 0 N–H and O–H groups in total. The Labute approximate surface area is 200 Å². The van der Waals surface area contributed by atoms with Crippen molar-refractivity contribution in [3.63, 3.8) is 0 Å². The molecule has 0 bridgehead atoms. The van der Waals surface area contributed by atoms with Crippen molar-refractivity contribution in [2.45, 2.75) is 13.3 Å². The predicted octanol–water partition coefficient (Wildman–Crippen LogP) is 5.64. The van der Waals surface area contributed by atoms with Crippen LogP contribution in [0.1, 0.15) is 23.7 Å². The number of hydrogen-bond acceptors (Lipinski definition) is 7. The maximum absolute atomic E-state index is 15.5. The molecule has 0 aliphatic heterocycles. The Morgan fingerprint density at radius 1 is 1.30 bits per heavy atom. The zero-order chi connectivity index (χ0) is 23.5. The lowest BCUT2D eigenvalue weighted by atomic mass is 10.1. The second-order valence-electron chi connectivity index (χ2n) is 6.74. The minimum Gasteiger partial charge on any atom is -0.453 e. The van der Waals surface area contributed by atoms with E-state index in [-0.39, 0.29) is 46.3 Å². The van der Waals surface area contributed by atoms with Crippen LogP contribution in [0, 0.1) is 17.1 Å². The van der Waals surface area contributed by atoms with Gasteiger partial charge < -0.3 is 9.47 Å². The Hall–Kier alpha value is -3.55. The summed E-state index contributed by atoms with van der Waals surface area (Å²) in [7, 11) is 0. The van der Waals surface area contributed by atoms with E-state index in [1.54, 1.807) is 25.1 Å². The first-order valence-corrected chi connectivity index (χ1v) is 10.8. The molecular formula is C22H14BrClFN5O3. The number of nitriles is 1. The molecule has 0 amide bonds. The van der Waals surface area contributed by atoms with E-state index in [9.17, 15) is 4.79 Å². The second-order valence-corrected chi connectivity index (χ2v) is 8.03. The Morgan fingerprint density at radius 3 is 2.88 bits per heavy atom. The Morgan fingerprint density at radius 2 is 2.12 bits per heavy atom. The van der Waals surface area contributed by atoms with Crippen molar-refractivity contribution in [1.29, 1.82) is 5.26 Å². The second kappa shape index (κ2) is 9.52. The lowest BCUT2D eigenvalue weighted by Crippen LogP contribution is -2.16. The van der Waals surface area contributed by atoms with Gasteiger partial charge in [-0.3, -0.25) is 0 Å². The predicted molar refractivity (Wildman–Crippen MR) is 121 cm³/mol. The summed E-state index contributed by atoms with van der Waals surface area (Å²) >= 11 is 9.32.